The van der Waals surface area contributed by atoms with E-state index in [4.69, 9.17) is 0 Å². The third kappa shape index (κ3) is 21.2. The molecule has 0 saturated heterocycles. The topological polar surface area (TPSA) is 0 Å². The average Bonchev–Trinajstić information content (AvgIpc) is 1.00. The summed E-state index contributed by atoms with van der Waals surface area (Å²) in [4.78, 5) is 0. The van der Waals surface area contributed by atoms with Gasteiger partial charge in [-0.1, -0.05) is 0 Å². The van der Waals surface area contributed by atoms with E-state index in [9.17, 15) is 0 Å². The minimum Gasteiger partial charge on any atom is 0 e. The molecule has 0 nitrogen and oxygen atoms in total. The molecule has 5 heteroatoms. The van der Waals surface area contributed by atoms with E-state index in [0.29, 0.717) is 0 Å². The Balaban J connectivity index is -0.00000000167. The summed E-state index contributed by atoms with van der Waals surface area (Å²) in [5.41, 5.74) is 0. The van der Waals surface area contributed by atoms with Gasteiger partial charge in [-0.15, -0.1) is 0 Å². The van der Waals surface area contributed by atoms with E-state index in [0.717, 1.165) is 8.85 Å². The summed E-state index contributed by atoms with van der Waals surface area (Å²) < 4.78 is 0. The van der Waals surface area contributed by atoms with Crippen LogP contribution in [0.5, 0.6) is 0 Å². The maximum Gasteiger partial charge on any atom is 0 e. The molecule has 0 N–H and O–H groups in total. The largest absolute Gasteiger partial charge is 0 e. The second-order valence-electron chi connectivity index (χ2n) is 0. The molecule has 0 heterocycles. The van der Waals surface area contributed by atoms with Crippen molar-refractivity contribution in [3.63, 3.8) is 0 Å². The fourth-order valence-electron chi connectivity index (χ4n) is 0. The van der Waals surface area contributed by atoms with E-state index in [-0.39, 0.29) is 55.6 Å². The summed E-state index contributed by atoms with van der Waals surface area (Å²) in [6, 6.07) is 0. The maximum absolute atomic E-state index is 3.39. The van der Waals surface area contributed by atoms with Gasteiger partial charge in [0.05, 0.1) is 0 Å². The standard InChI is InChI=1S/Cr.Fe.Ni.H3Si.Ti/h;;;1H3;. The molecule has 0 bridgehead atoms. The minimum absolute atomic E-state index is 0. The van der Waals surface area contributed by atoms with Gasteiger partial charge >= 0.3 is 24.2 Å². The fourth-order valence-corrected chi connectivity index (χ4v) is 0. The quantitative estimate of drug-likeness (QED) is 0.471. The van der Waals surface area contributed by atoms with Crippen LogP contribution < -0.4 is 0 Å². The molecule has 0 rings (SSSR count). The molecule has 0 unspecified atom stereocenters. The van der Waals surface area contributed by atoms with Crippen molar-refractivity contribution in [2.45, 2.75) is 0 Å². The molecule has 0 aromatic carbocycles. The van der Waals surface area contributed by atoms with Gasteiger partial charge in [-0.2, -0.15) is 0 Å². The van der Waals surface area contributed by atoms with E-state index in [1.54, 1.807) is 0 Å². The van der Waals surface area contributed by atoms with Gasteiger partial charge in [0, 0.05) is 55.6 Å². The third-order valence-electron chi connectivity index (χ3n) is 0. The van der Waals surface area contributed by atoms with Crippen molar-refractivity contribution < 1.29 is 70.9 Å². The summed E-state index contributed by atoms with van der Waals surface area (Å²) in [6.45, 7) is 0. The van der Waals surface area contributed by atoms with Crippen LogP contribution in [0.1, 0.15) is 0 Å². The van der Waals surface area contributed by atoms with Crippen LogP contribution >= 0.6 is 0 Å². The molecule has 0 aromatic heterocycles. The zero-order chi connectivity index (χ0) is 2.00. The SMILES string of the molecule is [Cr].[Ni].[SiH3][Fe].[Ti]. The number of rotatable bonds is 0. The molecule has 0 aliphatic carbocycles. The Kier molecular flexibility index (Phi) is 164. The van der Waals surface area contributed by atoms with Crippen molar-refractivity contribution in [3.8, 4) is 0 Å². The van der Waals surface area contributed by atoms with Crippen LogP contribution in [0.3, 0.4) is 0 Å². The van der Waals surface area contributed by atoms with Gasteiger partial charge in [-0.3, -0.25) is 0 Å². The van der Waals surface area contributed by atoms with Crippen molar-refractivity contribution in [3.05, 3.63) is 0 Å². The summed E-state index contributed by atoms with van der Waals surface area (Å²) in [5.74, 6) is 0. The Morgan fingerprint density at radius 1 is 1.20 bits per heavy atom. The molecular formula is H3CrFeNiSiTi. The third-order valence-corrected chi connectivity index (χ3v) is 0. The van der Waals surface area contributed by atoms with Crippen LogP contribution in [0.25, 0.3) is 0 Å². The smallest absolute Gasteiger partial charge is 0 e. The van der Waals surface area contributed by atoms with Crippen LogP contribution in [0.15, 0.2) is 0 Å². The van der Waals surface area contributed by atoms with E-state index in [2.05, 4.69) is 15.4 Å². The van der Waals surface area contributed by atoms with E-state index < -0.39 is 0 Å². The van der Waals surface area contributed by atoms with Crippen LogP contribution in [-0.4, -0.2) is 8.85 Å². The first kappa shape index (κ1) is 25.9. The second-order valence-corrected chi connectivity index (χ2v) is 0. The van der Waals surface area contributed by atoms with Gasteiger partial charge in [0.25, 0.3) is 0 Å². The Bertz CT molecular complexity index is 11.6. The van der Waals surface area contributed by atoms with Gasteiger partial charge in [-0.05, 0) is 0 Å². The Morgan fingerprint density at radius 3 is 1.20 bits per heavy atom. The van der Waals surface area contributed by atoms with Crippen LogP contribution in [0.4, 0.5) is 0 Å². The van der Waals surface area contributed by atoms with Gasteiger partial charge in [-0.25, -0.2) is 0 Å². The van der Waals surface area contributed by atoms with Crippen molar-refractivity contribution in [1.29, 1.82) is 0 Å². The zero-order valence-corrected chi connectivity index (χ0v) is 9.51. The van der Waals surface area contributed by atoms with Crippen molar-refractivity contribution in [1.82, 2.24) is 0 Å². The van der Waals surface area contributed by atoms with Crippen molar-refractivity contribution in [2.75, 3.05) is 0 Å². The first-order valence-corrected chi connectivity index (χ1v) is 4.37. The minimum atomic E-state index is 0. The molecule has 0 spiro atoms. The molecular weight excluding hydrogens is 242 g/mol. The first-order chi connectivity index (χ1) is 1.00. The van der Waals surface area contributed by atoms with Gasteiger partial charge in [0.1, 0.15) is 0 Å². The van der Waals surface area contributed by atoms with Gasteiger partial charge in [0.2, 0.25) is 0 Å². The molecule has 0 radical (unpaired) electrons. The van der Waals surface area contributed by atoms with E-state index in [1.807, 2.05) is 0 Å². The number of hydrogen-bond acceptors (Lipinski definition) is 0. The Hall–Kier alpha value is 2.48. The molecule has 0 fully saturated rings. The predicted molar refractivity (Wildman–Crippen MR) is 9.94 cm³/mol. The molecule has 0 atom stereocenters. The molecule has 0 amide bonds. The summed E-state index contributed by atoms with van der Waals surface area (Å²) in [5, 5.41) is 0. The van der Waals surface area contributed by atoms with Crippen molar-refractivity contribution >= 4 is 8.85 Å². The summed E-state index contributed by atoms with van der Waals surface area (Å²) >= 11 is 3.39. The molecule has 5 heavy (non-hydrogen) atoms. The van der Waals surface area contributed by atoms with Gasteiger partial charge in [0.15, 0.2) is 0 Å². The van der Waals surface area contributed by atoms with Gasteiger partial charge < -0.3 is 0 Å². The summed E-state index contributed by atoms with van der Waals surface area (Å²) in [7, 11) is 1.06. The summed E-state index contributed by atoms with van der Waals surface area (Å²) in [6.07, 6.45) is 0. The molecule has 0 aromatic rings. The second kappa shape index (κ2) is 31.7. The molecule has 35 valence electrons. The number of hydrogen-bond donors (Lipinski definition) is 0. The molecule has 0 saturated carbocycles. The average molecular weight is 246 g/mol. The van der Waals surface area contributed by atoms with Crippen LogP contribution in [0, 0.1) is 0 Å². The first-order valence-electron chi connectivity index (χ1n) is 0.354. The van der Waals surface area contributed by atoms with E-state index in [1.165, 1.54) is 0 Å². The zero-order valence-electron chi connectivity index (χ0n) is 2.58. The Labute approximate surface area is 78.9 Å². The monoisotopic (exact) mass is 245 g/mol. The maximum atomic E-state index is 3.39. The Morgan fingerprint density at radius 2 is 1.20 bits per heavy atom. The van der Waals surface area contributed by atoms with Crippen molar-refractivity contribution in [2.24, 2.45) is 0 Å². The molecule has 0 aliphatic heterocycles. The van der Waals surface area contributed by atoms with Crippen LogP contribution in [-0.2, 0) is 70.9 Å². The normalized spacial score (nSPS) is 1.80. The van der Waals surface area contributed by atoms with E-state index >= 15 is 0 Å². The fraction of sp³-hybridized carbons (Fsp3) is 0. The van der Waals surface area contributed by atoms with Crippen LogP contribution in [0.2, 0.25) is 0 Å². The molecule has 0 aliphatic rings. The predicted octanol–water partition coefficient (Wildman–Crippen LogP) is -1.19.